The molecule has 0 bridgehead atoms. The summed E-state index contributed by atoms with van der Waals surface area (Å²) in [7, 11) is 1.87. The molecular weight excluding hydrogens is 280 g/mol. The van der Waals surface area contributed by atoms with Crippen LogP contribution in [0.1, 0.15) is 35.8 Å². The Bertz CT molecular complexity index is 445. The van der Waals surface area contributed by atoms with Crippen LogP contribution in [0.3, 0.4) is 0 Å². The topological polar surface area (TPSA) is 41.1 Å². The lowest BCUT2D eigenvalue weighted by atomic mass is 9.96. The zero-order valence-corrected chi connectivity index (χ0v) is 13.5. The van der Waals surface area contributed by atoms with Crippen molar-refractivity contribution in [1.29, 1.82) is 0 Å². The zero-order chi connectivity index (χ0) is 13.1. The van der Waals surface area contributed by atoms with E-state index < -0.39 is 0 Å². The van der Waals surface area contributed by atoms with Crippen molar-refractivity contribution >= 4 is 34.7 Å². The third kappa shape index (κ3) is 3.71. The van der Waals surface area contributed by atoms with Gasteiger partial charge < -0.3 is 10.6 Å². The molecule has 2 rings (SSSR count). The summed E-state index contributed by atoms with van der Waals surface area (Å²) in [4.78, 5) is 13.5. The fourth-order valence-electron chi connectivity index (χ4n) is 2.48. The molecule has 1 heterocycles. The minimum absolute atomic E-state index is 0. The summed E-state index contributed by atoms with van der Waals surface area (Å²) in [5.41, 5.74) is 2.78. The van der Waals surface area contributed by atoms with Crippen LogP contribution in [0.25, 0.3) is 0 Å². The normalized spacial score (nSPS) is 15.3. The predicted molar refractivity (Wildman–Crippen MR) is 84.7 cm³/mol. The predicted octanol–water partition coefficient (Wildman–Crippen LogP) is 3.15. The molecule has 0 radical (unpaired) electrons. The number of hydrogen-bond acceptors (Lipinski definition) is 3. The Morgan fingerprint density at radius 1 is 1.37 bits per heavy atom. The molecule has 19 heavy (non-hydrogen) atoms. The van der Waals surface area contributed by atoms with Gasteiger partial charge in [0, 0.05) is 17.3 Å². The first-order valence-corrected chi connectivity index (χ1v) is 7.51. The lowest BCUT2D eigenvalue weighted by Crippen LogP contribution is -2.28. The Hall–Kier alpha value is -0.580. The number of fused-ring (bicyclic) bond motifs is 1. The van der Waals surface area contributed by atoms with E-state index in [1.54, 1.807) is 11.3 Å². The van der Waals surface area contributed by atoms with Crippen LogP contribution in [0.2, 0.25) is 0 Å². The largest absolute Gasteiger partial charge is 0.319 e. The molecule has 1 atom stereocenters. The maximum absolute atomic E-state index is 12.0. The van der Waals surface area contributed by atoms with Gasteiger partial charge in [0.25, 0.3) is 0 Å². The van der Waals surface area contributed by atoms with Crippen LogP contribution in [0.15, 0.2) is 0 Å². The molecule has 0 aliphatic heterocycles. The first-order chi connectivity index (χ1) is 8.63. The van der Waals surface area contributed by atoms with Crippen molar-refractivity contribution in [3.05, 3.63) is 16.0 Å². The van der Waals surface area contributed by atoms with E-state index in [2.05, 4.69) is 17.6 Å². The molecule has 0 saturated heterocycles. The van der Waals surface area contributed by atoms with E-state index in [0.29, 0.717) is 0 Å². The molecule has 0 saturated carbocycles. The van der Waals surface area contributed by atoms with Crippen molar-refractivity contribution in [2.45, 2.75) is 39.5 Å². The Labute approximate surface area is 125 Å². The molecule has 1 aromatic rings. The van der Waals surface area contributed by atoms with Crippen LogP contribution in [-0.2, 0) is 17.6 Å². The third-order valence-corrected chi connectivity index (χ3v) is 4.94. The highest BCUT2D eigenvalue weighted by Gasteiger charge is 2.20. The van der Waals surface area contributed by atoms with Gasteiger partial charge in [-0.15, -0.1) is 23.7 Å². The number of aryl methyl sites for hydroxylation is 1. The highest BCUT2D eigenvalue weighted by Crippen LogP contribution is 2.37. The van der Waals surface area contributed by atoms with Gasteiger partial charge in [-0.25, -0.2) is 0 Å². The van der Waals surface area contributed by atoms with Crippen LogP contribution >= 0.6 is 23.7 Å². The van der Waals surface area contributed by atoms with Crippen LogP contribution in [0.5, 0.6) is 0 Å². The number of nitrogens with one attached hydrogen (secondary N) is 2. The summed E-state index contributed by atoms with van der Waals surface area (Å²) >= 11 is 1.77. The Morgan fingerprint density at radius 3 is 2.68 bits per heavy atom. The molecule has 1 unspecified atom stereocenters. The summed E-state index contributed by atoms with van der Waals surface area (Å²) in [5, 5.41) is 7.20. The van der Waals surface area contributed by atoms with E-state index in [1.807, 2.05) is 14.0 Å². The molecule has 5 heteroatoms. The SMILES string of the molecule is CNCC(C)C(=O)Nc1sc2c(c1C)CCCC2.Cl. The number of hydrogen-bond donors (Lipinski definition) is 2. The maximum atomic E-state index is 12.0. The zero-order valence-electron chi connectivity index (χ0n) is 11.8. The molecule has 3 nitrogen and oxygen atoms in total. The number of halogens is 1. The van der Waals surface area contributed by atoms with Gasteiger partial charge in [-0.1, -0.05) is 6.92 Å². The first kappa shape index (κ1) is 16.5. The van der Waals surface area contributed by atoms with Crippen LogP contribution in [0, 0.1) is 12.8 Å². The monoisotopic (exact) mass is 302 g/mol. The Morgan fingerprint density at radius 2 is 2.05 bits per heavy atom. The van der Waals surface area contributed by atoms with E-state index >= 15 is 0 Å². The van der Waals surface area contributed by atoms with Crippen LogP contribution in [-0.4, -0.2) is 19.5 Å². The molecule has 0 aromatic carbocycles. The van der Waals surface area contributed by atoms with E-state index in [-0.39, 0.29) is 24.2 Å². The van der Waals surface area contributed by atoms with Gasteiger partial charge in [0.1, 0.15) is 0 Å². The molecule has 1 amide bonds. The molecule has 0 fully saturated rings. The summed E-state index contributed by atoms with van der Waals surface area (Å²) in [5.74, 6) is 0.125. The minimum Gasteiger partial charge on any atom is -0.319 e. The smallest absolute Gasteiger partial charge is 0.229 e. The van der Waals surface area contributed by atoms with Crippen LogP contribution in [0.4, 0.5) is 5.00 Å². The van der Waals surface area contributed by atoms with E-state index in [4.69, 9.17) is 0 Å². The number of thiophene rings is 1. The van der Waals surface area contributed by atoms with Gasteiger partial charge in [0.15, 0.2) is 0 Å². The van der Waals surface area contributed by atoms with Crippen molar-refractivity contribution in [3.8, 4) is 0 Å². The highest BCUT2D eigenvalue weighted by molar-refractivity contribution is 7.16. The fourth-order valence-corrected chi connectivity index (χ4v) is 3.78. The van der Waals surface area contributed by atoms with Crippen molar-refractivity contribution < 1.29 is 4.79 Å². The molecule has 1 aliphatic carbocycles. The summed E-state index contributed by atoms with van der Waals surface area (Å²) < 4.78 is 0. The standard InChI is InChI=1S/C14H22N2OS.ClH/c1-9(8-15-3)13(17)16-14-10(2)11-6-4-5-7-12(11)18-14;/h9,15H,4-8H2,1-3H3,(H,16,17);1H. The number of rotatable bonds is 4. The second-order valence-electron chi connectivity index (χ2n) is 5.11. The minimum atomic E-state index is 0. The first-order valence-electron chi connectivity index (χ1n) is 6.70. The average molecular weight is 303 g/mol. The molecule has 2 N–H and O–H groups in total. The number of amides is 1. The van der Waals surface area contributed by atoms with Gasteiger partial charge in [0.2, 0.25) is 5.91 Å². The summed E-state index contributed by atoms with van der Waals surface area (Å²) in [6, 6.07) is 0. The maximum Gasteiger partial charge on any atom is 0.229 e. The average Bonchev–Trinajstić information content (AvgIpc) is 2.67. The quantitative estimate of drug-likeness (QED) is 0.897. The Kier molecular flexibility index (Phi) is 6.30. The molecule has 0 spiro atoms. The molecule has 1 aromatic heterocycles. The van der Waals surface area contributed by atoms with Crippen molar-refractivity contribution in [1.82, 2.24) is 5.32 Å². The Balaban J connectivity index is 0.00000180. The van der Waals surface area contributed by atoms with Gasteiger partial charge in [-0.2, -0.15) is 0 Å². The lowest BCUT2D eigenvalue weighted by Gasteiger charge is -2.11. The van der Waals surface area contributed by atoms with Crippen molar-refractivity contribution in [3.63, 3.8) is 0 Å². The summed E-state index contributed by atoms with van der Waals surface area (Å²) in [6.07, 6.45) is 4.94. The van der Waals surface area contributed by atoms with Gasteiger partial charge in [0.05, 0.1) is 5.00 Å². The van der Waals surface area contributed by atoms with E-state index in [0.717, 1.165) is 11.5 Å². The fraction of sp³-hybridized carbons (Fsp3) is 0.643. The summed E-state index contributed by atoms with van der Waals surface area (Å²) in [6.45, 7) is 4.81. The highest BCUT2D eigenvalue weighted by atomic mass is 35.5. The number of anilines is 1. The second-order valence-corrected chi connectivity index (χ2v) is 6.22. The molecular formula is C14H23ClN2OS. The van der Waals surface area contributed by atoms with Crippen LogP contribution < -0.4 is 10.6 Å². The molecule has 1 aliphatic rings. The third-order valence-electron chi connectivity index (χ3n) is 3.63. The van der Waals surface area contributed by atoms with Crippen molar-refractivity contribution in [2.24, 2.45) is 5.92 Å². The number of carbonyl (C=O) groups is 1. The second kappa shape index (κ2) is 7.27. The molecule has 108 valence electrons. The van der Waals surface area contributed by atoms with Crippen molar-refractivity contribution in [2.75, 3.05) is 18.9 Å². The van der Waals surface area contributed by atoms with E-state index in [9.17, 15) is 4.79 Å². The van der Waals surface area contributed by atoms with E-state index in [1.165, 1.54) is 41.7 Å². The van der Waals surface area contributed by atoms with Gasteiger partial charge in [-0.05, 0) is 50.8 Å². The lowest BCUT2D eigenvalue weighted by molar-refractivity contribution is -0.119. The van der Waals surface area contributed by atoms with Gasteiger partial charge >= 0.3 is 0 Å². The number of carbonyl (C=O) groups excluding carboxylic acids is 1. The van der Waals surface area contributed by atoms with Gasteiger partial charge in [-0.3, -0.25) is 4.79 Å².